The van der Waals surface area contributed by atoms with Gasteiger partial charge in [0, 0.05) is 43.8 Å². The summed E-state index contributed by atoms with van der Waals surface area (Å²) in [4.78, 5) is 14.9. The Balaban J connectivity index is 1.56. The molecule has 20 heavy (non-hydrogen) atoms. The second kappa shape index (κ2) is 6.32. The van der Waals surface area contributed by atoms with Crippen LogP contribution in [0.2, 0.25) is 0 Å². The van der Waals surface area contributed by atoms with Crippen molar-refractivity contribution in [2.75, 3.05) is 24.6 Å². The van der Waals surface area contributed by atoms with Crippen LogP contribution in [-0.4, -0.2) is 34.6 Å². The molecule has 0 bridgehead atoms. The predicted octanol–water partition coefficient (Wildman–Crippen LogP) is 2.17. The van der Waals surface area contributed by atoms with E-state index in [9.17, 15) is 0 Å². The molecule has 0 amide bonds. The minimum atomic E-state index is 0.515. The molecule has 5 heteroatoms. The largest absolute Gasteiger partial charge is 0.493 e. The summed E-state index contributed by atoms with van der Waals surface area (Å²) in [6.07, 6.45) is 9.43. The molecule has 0 radical (unpaired) electrons. The lowest BCUT2D eigenvalue weighted by molar-refractivity contribution is 0.228. The van der Waals surface area contributed by atoms with E-state index in [4.69, 9.17) is 4.74 Å². The van der Waals surface area contributed by atoms with Gasteiger partial charge in [0.15, 0.2) is 0 Å². The number of nitrogens with zero attached hydrogens (tertiary/aromatic N) is 4. The molecule has 1 unspecified atom stereocenters. The van der Waals surface area contributed by atoms with Gasteiger partial charge in [-0.25, -0.2) is 9.97 Å². The van der Waals surface area contributed by atoms with Gasteiger partial charge in [-0.2, -0.15) is 0 Å². The van der Waals surface area contributed by atoms with E-state index in [1.165, 1.54) is 6.42 Å². The topological polar surface area (TPSA) is 51.1 Å². The molecule has 104 valence electrons. The number of anilines is 1. The molecule has 3 rings (SSSR count). The number of hydrogen-bond donors (Lipinski definition) is 0. The van der Waals surface area contributed by atoms with Gasteiger partial charge in [-0.05, 0) is 31.0 Å². The first-order valence-corrected chi connectivity index (χ1v) is 6.96. The maximum Gasteiger partial charge on any atom is 0.225 e. The number of aromatic nitrogens is 3. The van der Waals surface area contributed by atoms with Crippen molar-refractivity contribution in [3.05, 3.63) is 43.0 Å². The van der Waals surface area contributed by atoms with Gasteiger partial charge in [0.05, 0.1) is 6.61 Å². The maximum absolute atomic E-state index is 5.82. The lowest BCUT2D eigenvalue weighted by atomic mass is 9.99. The Labute approximate surface area is 118 Å². The number of piperidine rings is 1. The highest BCUT2D eigenvalue weighted by molar-refractivity contribution is 5.29. The van der Waals surface area contributed by atoms with Crippen LogP contribution in [-0.2, 0) is 0 Å². The fourth-order valence-electron chi connectivity index (χ4n) is 2.49. The van der Waals surface area contributed by atoms with Crippen molar-refractivity contribution >= 4 is 5.95 Å². The van der Waals surface area contributed by atoms with Crippen LogP contribution in [0.5, 0.6) is 5.75 Å². The van der Waals surface area contributed by atoms with Crippen LogP contribution in [0.4, 0.5) is 5.95 Å². The van der Waals surface area contributed by atoms with E-state index in [2.05, 4.69) is 19.9 Å². The molecule has 2 aromatic heterocycles. The van der Waals surface area contributed by atoms with Crippen LogP contribution in [0.3, 0.4) is 0 Å². The lowest BCUT2D eigenvalue weighted by Gasteiger charge is -2.32. The van der Waals surface area contributed by atoms with Gasteiger partial charge in [-0.3, -0.25) is 4.98 Å². The van der Waals surface area contributed by atoms with Crippen LogP contribution < -0.4 is 9.64 Å². The van der Waals surface area contributed by atoms with Gasteiger partial charge in [-0.15, -0.1) is 0 Å². The van der Waals surface area contributed by atoms with Crippen LogP contribution in [0.25, 0.3) is 0 Å². The molecular formula is C15H18N4O. The Morgan fingerprint density at radius 1 is 1.15 bits per heavy atom. The minimum absolute atomic E-state index is 0.515. The molecule has 1 atom stereocenters. The van der Waals surface area contributed by atoms with E-state index in [1.807, 2.05) is 18.2 Å². The van der Waals surface area contributed by atoms with Gasteiger partial charge in [0.25, 0.3) is 0 Å². The van der Waals surface area contributed by atoms with Crippen LogP contribution in [0.1, 0.15) is 12.8 Å². The highest BCUT2D eigenvalue weighted by Crippen LogP contribution is 2.21. The SMILES string of the molecule is c1cnc(N2CCCC(COc3ccncc3)C2)nc1. The van der Waals surface area contributed by atoms with E-state index in [0.717, 1.165) is 37.8 Å². The highest BCUT2D eigenvalue weighted by atomic mass is 16.5. The van der Waals surface area contributed by atoms with E-state index in [-0.39, 0.29) is 0 Å². The van der Waals surface area contributed by atoms with Crippen molar-refractivity contribution in [2.45, 2.75) is 12.8 Å². The number of pyridine rings is 1. The normalized spacial score (nSPS) is 18.8. The quantitative estimate of drug-likeness (QED) is 0.852. The predicted molar refractivity (Wildman–Crippen MR) is 76.7 cm³/mol. The van der Waals surface area contributed by atoms with Crippen LogP contribution >= 0.6 is 0 Å². The van der Waals surface area contributed by atoms with Gasteiger partial charge < -0.3 is 9.64 Å². The molecular weight excluding hydrogens is 252 g/mol. The summed E-state index contributed by atoms with van der Waals surface area (Å²) in [5.74, 6) is 2.22. The fourth-order valence-corrected chi connectivity index (χ4v) is 2.49. The molecule has 0 aromatic carbocycles. The standard InChI is InChI=1S/C15H18N4O/c1-3-13(12-20-14-4-8-16-9-5-14)11-19(10-1)15-17-6-2-7-18-15/h2,4-9,13H,1,3,10-12H2. The number of hydrogen-bond acceptors (Lipinski definition) is 5. The van der Waals surface area contributed by atoms with Crippen LogP contribution in [0.15, 0.2) is 43.0 Å². The molecule has 1 aliphatic heterocycles. The lowest BCUT2D eigenvalue weighted by Crippen LogP contribution is -2.38. The average molecular weight is 270 g/mol. The third kappa shape index (κ3) is 3.23. The third-order valence-corrected chi connectivity index (χ3v) is 3.49. The van der Waals surface area contributed by atoms with E-state index < -0.39 is 0 Å². The zero-order valence-electron chi connectivity index (χ0n) is 11.4. The molecule has 0 spiro atoms. The Bertz CT molecular complexity index is 520. The van der Waals surface area contributed by atoms with Crippen molar-refractivity contribution in [1.29, 1.82) is 0 Å². The van der Waals surface area contributed by atoms with Crippen molar-refractivity contribution < 1.29 is 4.74 Å². The smallest absolute Gasteiger partial charge is 0.225 e. The summed E-state index contributed by atoms with van der Waals surface area (Å²) in [7, 11) is 0. The van der Waals surface area contributed by atoms with E-state index in [0.29, 0.717) is 5.92 Å². The van der Waals surface area contributed by atoms with Crippen molar-refractivity contribution in [1.82, 2.24) is 15.0 Å². The van der Waals surface area contributed by atoms with Gasteiger partial charge >= 0.3 is 0 Å². The second-order valence-corrected chi connectivity index (χ2v) is 5.00. The summed E-state index contributed by atoms with van der Waals surface area (Å²) in [6.45, 7) is 2.71. The molecule has 1 aliphatic rings. The first-order chi connectivity index (χ1) is 9.92. The summed E-state index contributed by atoms with van der Waals surface area (Å²) in [5.41, 5.74) is 0. The fraction of sp³-hybridized carbons (Fsp3) is 0.400. The third-order valence-electron chi connectivity index (χ3n) is 3.49. The zero-order chi connectivity index (χ0) is 13.6. The monoisotopic (exact) mass is 270 g/mol. The first kappa shape index (κ1) is 12.8. The summed E-state index contributed by atoms with van der Waals surface area (Å²) >= 11 is 0. The van der Waals surface area contributed by atoms with Gasteiger partial charge in [-0.1, -0.05) is 0 Å². The minimum Gasteiger partial charge on any atom is -0.493 e. The van der Waals surface area contributed by atoms with E-state index >= 15 is 0 Å². The second-order valence-electron chi connectivity index (χ2n) is 5.00. The Hall–Kier alpha value is -2.17. The first-order valence-electron chi connectivity index (χ1n) is 6.96. The zero-order valence-corrected chi connectivity index (χ0v) is 11.4. The van der Waals surface area contributed by atoms with E-state index in [1.54, 1.807) is 24.8 Å². The van der Waals surface area contributed by atoms with Crippen molar-refractivity contribution in [3.63, 3.8) is 0 Å². The molecule has 1 saturated heterocycles. The van der Waals surface area contributed by atoms with Crippen molar-refractivity contribution in [2.24, 2.45) is 5.92 Å². The van der Waals surface area contributed by atoms with Crippen LogP contribution in [0, 0.1) is 5.92 Å². The summed E-state index contributed by atoms with van der Waals surface area (Å²) in [5, 5.41) is 0. The number of rotatable bonds is 4. The molecule has 3 heterocycles. The van der Waals surface area contributed by atoms with Gasteiger partial charge in [0.2, 0.25) is 5.95 Å². The summed E-state index contributed by atoms with van der Waals surface area (Å²) in [6, 6.07) is 5.62. The Morgan fingerprint density at radius 3 is 2.75 bits per heavy atom. The molecule has 5 nitrogen and oxygen atoms in total. The average Bonchev–Trinajstić information content (AvgIpc) is 2.55. The van der Waals surface area contributed by atoms with Crippen molar-refractivity contribution in [3.8, 4) is 5.75 Å². The number of ether oxygens (including phenoxy) is 1. The Morgan fingerprint density at radius 2 is 1.95 bits per heavy atom. The Kier molecular flexibility index (Phi) is 4.06. The summed E-state index contributed by atoms with van der Waals surface area (Å²) < 4.78 is 5.82. The molecule has 2 aromatic rings. The maximum atomic E-state index is 5.82. The molecule has 0 saturated carbocycles. The van der Waals surface area contributed by atoms with Gasteiger partial charge in [0.1, 0.15) is 5.75 Å². The molecule has 0 N–H and O–H groups in total. The molecule has 0 aliphatic carbocycles. The highest BCUT2D eigenvalue weighted by Gasteiger charge is 2.22. The molecule has 1 fully saturated rings.